The molecular weight excluding hydrogens is 233 g/mol. The summed E-state index contributed by atoms with van der Waals surface area (Å²) in [5.74, 6) is 0. The summed E-state index contributed by atoms with van der Waals surface area (Å²) in [5.41, 5.74) is -0.611. The fourth-order valence-electron chi connectivity index (χ4n) is 1.22. The summed E-state index contributed by atoms with van der Waals surface area (Å²) < 4.78 is 37.9. The normalized spacial score (nSPS) is 12.3. The van der Waals surface area contributed by atoms with E-state index in [0.29, 0.717) is 9.72 Å². The molecule has 0 aliphatic carbocycles. The van der Waals surface area contributed by atoms with Gasteiger partial charge in [0, 0.05) is 20.5 Å². The minimum Gasteiger partial charge on any atom is -0.166 e. The van der Waals surface area contributed by atoms with Gasteiger partial charge in [0.2, 0.25) is 0 Å². The monoisotopic (exact) mass is 236 g/mol. The summed E-state index contributed by atoms with van der Waals surface area (Å²) in [6.07, 6.45) is -4.30. The van der Waals surface area contributed by atoms with Gasteiger partial charge in [0.25, 0.3) is 0 Å². The maximum atomic E-state index is 12.4. The standard InChI is InChI=1S/C9H4ClF3S/c10-5-1-2-8-6(3-5)7(4-14-8)9(11,12)13/h1-4H. The van der Waals surface area contributed by atoms with Crippen molar-refractivity contribution < 1.29 is 13.2 Å². The van der Waals surface area contributed by atoms with Crippen molar-refractivity contribution in [1.29, 1.82) is 0 Å². The van der Waals surface area contributed by atoms with Crippen molar-refractivity contribution in [3.63, 3.8) is 0 Å². The van der Waals surface area contributed by atoms with Crippen LogP contribution in [0, 0.1) is 0 Å². The van der Waals surface area contributed by atoms with Gasteiger partial charge in [-0.15, -0.1) is 11.3 Å². The third-order valence-corrected chi connectivity index (χ3v) is 3.04. The van der Waals surface area contributed by atoms with Crippen LogP contribution in [0.1, 0.15) is 5.56 Å². The lowest BCUT2D eigenvalue weighted by atomic mass is 10.2. The van der Waals surface area contributed by atoms with E-state index in [9.17, 15) is 13.2 Å². The molecule has 1 heterocycles. The predicted octanol–water partition coefficient (Wildman–Crippen LogP) is 4.57. The second-order valence-corrected chi connectivity index (χ2v) is 4.14. The molecule has 2 rings (SSSR count). The topological polar surface area (TPSA) is 0 Å². The van der Waals surface area contributed by atoms with Gasteiger partial charge in [0.1, 0.15) is 0 Å². The average Bonchev–Trinajstić information content (AvgIpc) is 2.45. The maximum Gasteiger partial charge on any atom is 0.417 e. The van der Waals surface area contributed by atoms with Gasteiger partial charge in [-0.3, -0.25) is 0 Å². The van der Waals surface area contributed by atoms with Crippen LogP contribution in [0.4, 0.5) is 13.2 Å². The first-order chi connectivity index (χ1) is 6.48. The predicted molar refractivity (Wildman–Crippen MR) is 51.8 cm³/mol. The number of benzene rings is 1. The van der Waals surface area contributed by atoms with Crippen LogP contribution in [0.25, 0.3) is 10.1 Å². The van der Waals surface area contributed by atoms with E-state index in [-0.39, 0.29) is 5.39 Å². The second-order valence-electron chi connectivity index (χ2n) is 2.79. The zero-order valence-electron chi connectivity index (χ0n) is 6.73. The van der Waals surface area contributed by atoms with Crippen LogP contribution < -0.4 is 0 Å². The summed E-state index contributed by atoms with van der Waals surface area (Å²) in [6, 6.07) is 4.52. The van der Waals surface area contributed by atoms with Crippen LogP contribution in [-0.2, 0) is 6.18 Å². The van der Waals surface area contributed by atoms with Crippen molar-refractivity contribution in [3.8, 4) is 0 Å². The molecule has 0 fully saturated rings. The average molecular weight is 237 g/mol. The molecule has 2 aromatic rings. The van der Waals surface area contributed by atoms with Crippen LogP contribution in [0.5, 0.6) is 0 Å². The van der Waals surface area contributed by atoms with Crippen LogP contribution in [0.2, 0.25) is 5.02 Å². The lowest BCUT2D eigenvalue weighted by Gasteiger charge is -2.03. The van der Waals surface area contributed by atoms with Crippen molar-refractivity contribution in [3.05, 3.63) is 34.2 Å². The van der Waals surface area contributed by atoms with E-state index in [0.717, 1.165) is 16.7 Å². The summed E-state index contributed by atoms with van der Waals surface area (Å²) in [5, 5.41) is 1.61. The molecule has 14 heavy (non-hydrogen) atoms. The van der Waals surface area contributed by atoms with Crippen molar-refractivity contribution in [1.82, 2.24) is 0 Å². The lowest BCUT2D eigenvalue weighted by molar-refractivity contribution is -0.136. The van der Waals surface area contributed by atoms with E-state index in [1.54, 1.807) is 12.1 Å². The zero-order valence-corrected chi connectivity index (χ0v) is 8.30. The fourth-order valence-corrected chi connectivity index (χ4v) is 2.34. The first kappa shape index (κ1) is 9.80. The molecule has 0 aliphatic heterocycles. The molecule has 1 aromatic carbocycles. The van der Waals surface area contributed by atoms with E-state index in [4.69, 9.17) is 11.6 Å². The molecule has 0 atom stereocenters. The molecule has 0 spiro atoms. The number of halogens is 4. The van der Waals surface area contributed by atoms with Gasteiger partial charge in [-0.2, -0.15) is 13.2 Å². The van der Waals surface area contributed by atoms with E-state index >= 15 is 0 Å². The molecular formula is C9H4ClF3S. The Balaban J connectivity index is 2.73. The summed E-state index contributed by atoms with van der Waals surface area (Å²) in [6.45, 7) is 0. The molecule has 0 unspecified atom stereocenters. The van der Waals surface area contributed by atoms with Crippen LogP contribution >= 0.6 is 22.9 Å². The Morgan fingerprint density at radius 1 is 1.21 bits per heavy atom. The van der Waals surface area contributed by atoms with Crippen LogP contribution in [0.15, 0.2) is 23.6 Å². The van der Waals surface area contributed by atoms with Crippen molar-refractivity contribution in [2.75, 3.05) is 0 Å². The Morgan fingerprint density at radius 2 is 1.93 bits per heavy atom. The molecule has 5 heteroatoms. The summed E-state index contributed by atoms with van der Waals surface area (Å²) in [7, 11) is 0. The number of hydrogen-bond acceptors (Lipinski definition) is 1. The van der Waals surface area contributed by atoms with E-state index in [1.165, 1.54) is 6.07 Å². The van der Waals surface area contributed by atoms with Gasteiger partial charge in [0.15, 0.2) is 0 Å². The SMILES string of the molecule is FC(F)(F)c1csc2ccc(Cl)cc12. The highest BCUT2D eigenvalue weighted by Crippen LogP contribution is 2.39. The molecule has 0 aliphatic rings. The Bertz CT molecular complexity index is 472. The first-order valence-corrected chi connectivity index (χ1v) is 4.98. The molecule has 0 amide bonds. The molecule has 0 saturated heterocycles. The molecule has 0 radical (unpaired) electrons. The van der Waals surface area contributed by atoms with Gasteiger partial charge >= 0.3 is 6.18 Å². The van der Waals surface area contributed by atoms with E-state index in [1.807, 2.05) is 0 Å². The number of thiophene rings is 1. The Hall–Kier alpha value is -0.740. The number of hydrogen-bond donors (Lipinski definition) is 0. The van der Waals surface area contributed by atoms with Gasteiger partial charge in [-0.05, 0) is 18.2 Å². The molecule has 74 valence electrons. The quantitative estimate of drug-likeness (QED) is 0.628. The summed E-state index contributed by atoms with van der Waals surface area (Å²) >= 11 is 6.71. The molecule has 0 nitrogen and oxygen atoms in total. The van der Waals surface area contributed by atoms with Gasteiger partial charge in [-0.1, -0.05) is 11.6 Å². The van der Waals surface area contributed by atoms with Crippen molar-refractivity contribution >= 4 is 33.0 Å². The first-order valence-electron chi connectivity index (χ1n) is 3.72. The highest BCUT2D eigenvalue weighted by Gasteiger charge is 2.33. The third-order valence-electron chi connectivity index (χ3n) is 1.84. The maximum absolute atomic E-state index is 12.4. The number of rotatable bonds is 0. The fraction of sp³-hybridized carbons (Fsp3) is 0.111. The minimum atomic E-state index is -4.30. The Kier molecular flexibility index (Phi) is 2.20. The largest absolute Gasteiger partial charge is 0.417 e. The van der Waals surface area contributed by atoms with Gasteiger partial charge < -0.3 is 0 Å². The van der Waals surface area contributed by atoms with Gasteiger partial charge in [0.05, 0.1) is 5.56 Å². The highest BCUT2D eigenvalue weighted by molar-refractivity contribution is 7.17. The van der Waals surface area contributed by atoms with Crippen LogP contribution in [0.3, 0.4) is 0 Å². The van der Waals surface area contributed by atoms with Crippen LogP contribution in [-0.4, -0.2) is 0 Å². The molecule has 0 N–H and O–H groups in total. The van der Waals surface area contributed by atoms with Crippen molar-refractivity contribution in [2.45, 2.75) is 6.18 Å². The highest BCUT2D eigenvalue weighted by atomic mass is 35.5. The lowest BCUT2D eigenvalue weighted by Crippen LogP contribution is -2.02. The number of fused-ring (bicyclic) bond motifs is 1. The van der Waals surface area contributed by atoms with Crippen molar-refractivity contribution in [2.24, 2.45) is 0 Å². The molecule has 0 bridgehead atoms. The third kappa shape index (κ3) is 1.60. The second kappa shape index (κ2) is 3.14. The van der Waals surface area contributed by atoms with E-state index < -0.39 is 11.7 Å². The Labute approximate surface area is 86.9 Å². The molecule has 0 saturated carbocycles. The zero-order chi connectivity index (χ0) is 10.3. The summed E-state index contributed by atoms with van der Waals surface area (Å²) in [4.78, 5) is 0. The molecule has 1 aromatic heterocycles. The Morgan fingerprint density at radius 3 is 2.57 bits per heavy atom. The number of alkyl halides is 3. The minimum absolute atomic E-state index is 0.176. The smallest absolute Gasteiger partial charge is 0.166 e. The van der Waals surface area contributed by atoms with Gasteiger partial charge in [-0.25, -0.2) is 0 Å². The van der Waals surface area contributed by atoms with E-state index in [2.05, 4.69) is 0 Å².